The zero-order chi connectivity index (χ0) is 25.4. The molecule has 0 aliphatic carbocycles. The van der Waals surface area contributed by atoms with Crippen molar-refractivity contribution in [3.8, 4) is 17.2 Å². The maximum Gasteiger partial charge on any atom is 0.283 e. The van der Waals surface area contributed by atoms with E-state index in [0.717, 1.165) is 11.1 Å². The third-order valence-corrected chi connectivity index (χ3v) is 6.87. The average Bonchev–Trinajstić information content (AvgIpc) is 3.36. The largest absolute Gasteiger partial charge is 0.495 e. The number of carbonyl (C=O) groups is 1. The Morgan fingerprint density at radius 2 is 1.77 bits per heavy atom. The van der Waals surface area contributed by atoms with Gasteiger partial charge in [0.2, 0.25) is 0 Å². The number of pyridine rings is 1. The van der Waals surface area contributed by atoms with Gasteiger partial charge in [0.1, 0.15) is 17.2 Å². The fourth-order valence-electron chi connectivity index (χ4n) is 3.85. The summed E-state index contributed by atoms with van der Waals surface area (Å²) in [7, 11) is -1.64. The van der Waals surface area contributed by atoms with Gasteiger partial charge in [-0.05, 0) is 41.8 Å². The molecular formula is C25H26N4O5S. The van der Waals surface area contributed by atoms with Crippen LogP contribution < -0.4 is 14.2 Å². The minimum Gasteiger partial charge on any atom is -0.495 e. The first kappa shape index (κ1) is 24.2. The Morgan fingerprint density at radius 3 is 2.40 bits per heavy atom. The molecule has 182 valence electrons. The Kier molecular flexibility index (Phi) is 6.25. The molecule has 1 amide bonds. The second-order valence-electron chi connectivity index (χ2n) is 8.85. The smallest absolute Gasteiger partial charge is 0.283 e. The number of methoxy groups -OCH3 is 2. The van der Waals surface area contributed by atoms with Crippen LogP contribution in [-0.2, 0) is 15.4 Å². The maximum atomic E-state index is 13.4. The number of nitrogens with zero attached hydrogens (tertiary/aromatic N) is 3. The van der Waals surface area contributed by atoms with Crippen molar-refractivity contribution in [1.29, 1.82) is 0 Å². The lowest BCUT2D eigenvalue weighted by Gasteiger charge is -2.25. The standard InChI is InChI=1S/C25H26N4O5S/c1-25(2,3)17-11-13-21(33-4)23(22(17)34-5)35(31,32)28-24(30)19-12-10-16-18(27-19)8-6-9-20(16)29-15-7-14-26-29/h6-15H,1-5H3,(H,28,30). The van der Waals surface area contributed by atoms with Crippen molar-refractivity contribution in [3.63, 3.8) is 0 Å². The molecule has 10 heteroatoms. The van der Waals surface area contributed by atoms with Crippen LogP contribution in [0.1, 0.15) is 36.8 Å². The Morgan fingerprint density at radius 1 is 1.00 bits per heavy atom. The van der Waals surface area contributed by atoms with E-state index in [1.54, 1.807) is 53.5 Å². The van der Waals surface area contributed by atoms with E-state index in [1.807, 2.05) is 26.8 Å². The topological polar surface area (TPSA) is 112 Å². The average molecular weight is 495 g/mol. The minimum atomic E-state index is -4.38. The van der Waals surface area contributed by atoms with Gasteiger partial charge in [0.25, 0.3) is 15.9 Å². The van der Waals surface area contributed by atoms with Crippen molar-refractivity contribution >= 4 is 26.8 Å². The maximum absolute atomic E-state index is 13.4. The normalized spacial score (nSPS) is 11.9. The molecule has 0 radical (unpaired) electrons. The number of benzene rings is 2. The van der Waals surface area contributed by atoms with Crippen LogP contribution in [0.3, 0.4) is 0 Å². The van der Waals surface area contributed by atoms with Gasteiger partial charge in [-0.1, -0.05) is 32.9 Å². The highest BCUT2D eigenvalue weighted by atomic mass is 32.2. The van der Waals surface area contributed by atoms with Gasteiger partial charge in [-0.15, -0.1) is 0 Å². The Bertz CT molecular complexity index is 1510. The highest BCUT2D eigenvalue weighted by Crippen LogP contribution is 2.41. The summed E-state index contributed by atoms with van der Waals surface area (Å²) in [5.74, 6) is -0.695. The summed E-state index contributed by atoms with van der Waals surface area (Å²) in [6, 6.07) is 13.7. The van der Waals surface area contributed by atoms with Crippen LogP contribution in [0.4, 0.5) is 0 Å². The summed E-state index contributed by atoms with van der Waals surface area (Å²) < 4.78 is 41.4. The number of aromatic nitrogens is 3. The van der Waals surface area contributed by atoms with Gasteiger partial charge in [0.05, 0.1) is 25.4 Å². The quantitative estimate of drug-likeness (QED) is 0.433. The summed E-state index contributed by atoms with van der Waals surface area (Å²) in [6.45, 7) is 5.80. The molecule has 2 aromatic heterocycles. The molecule has 9 nitrogen and oxygen atoms in total. The number of hydrogen-bond acceptors (Lipinski definition) is 7. The van der Waals surface area contributed by atoms with E-state index in [2.05, 4.69) is 14.8 Å². The molecule has 2 heterocycles. The fourth-order valence-corrected chi connectivity index (χ4v) is 5.16. The van der Waals surface area contributed by atoms with Crippen LogP contribution in [-0.4, -0.2) is 43.3 Å². The van der Waals surface area contributed by atoms with Gasteiger partial charge in [-0.2, -0.15) is 5.10 Å². The molecule has 0 fully saturated rings. The van der Waals surface area contributed by atoms with Crippen LogP contribution in [0, 0.1) is 0 Å². The summed E-state index contributed by atoms with van der Waals surface area (Å²) >= 11 is 0. The molecule has 0 bridgehead atoms. The lowest BCUT2D eigenvalue weighted by atomic mass is 9.86. The molecule has 4 rings (SSSR count). The number of carbonyl (C=O) groups excluding carboxylic acids is 1. The van der Waals surface area contributed by atoms with E-state index in [0.29, 0.717) is 11.1 Å². The number of hydrogen-bond donors (Lipinski definition) is 1. The second-order valence-corrected chi connectivity index (χ2v) is 10.5. The molecule has 35 heavy (non-hydrogen) atoms. The van der Waals surface area contributed by atoms with Gasteiger partial charge in [-0.3, -0.25) is 4.79 Å². The summed E-state index contributed by atoms with van der Waals surface area (Å²) in [4.78, 5) is 17.2. The Labute approximate surface area is 203 Å². The van der Waals surface area contributed by atoms with Crippen molar-refractivity contribution in [1.82, 2.24) is 19.5 Å². The first-order valence-electron chi connectivity index (χ1n) is 10.8. The number of rotatable bonds is 6. The predicted octanol–water partition coefficient (Wildman–Crippen LogP) is 3.85. The predicted molar refractivity (Wildman–Crippen MR) is 132 cm³/mol. The van der Waals surface area contributed by atoms with Crippen molar-refractivity contribution in [3.05, 3.63) is 72.2 Å². The van der Waals surface area contributed by atoms with Crippen molar-refractivity contribution < 1.29 is 22.7 Å². The lowest BCUT2D eigenvalue weighted by Crippen LogP contribution is -2.32. The molecule has 0 saturated carbocycles. The van der Waals surface area contributed by atoms with Gasteiger partial charge in [-0.25, -0.2) is 22.8 Å². The molecular weight excluding hydrogens is 468 g/mol. The van der Waals surface area contributed by atoms with Crippen LogP contribution >= 0.6 is 0 Å². The van der Waals surface area contributed by atoms with Gasteiger partial charge in [0, 0.05) is 23.3 Å². The zero-order valence-corrected chi connectivity index (χ0v) is 20.9. The van der Waals surface area contributed by atoms with Crippen LogP contribution in [0.5, 0.6) is 11.5 Å². The van der Waals surface area contributed by atoms with E-state index in [9.17, 15) is 13.2 Å². The van der Waals surface area contributed by atoms with Crippen LogP contribution in [0.25, 0.3) is 16.6 Å². The van der Waals surface area contributed by atoms with Crippen molar-refractivity contribution in [2.45, 2.75) is 31.1 Å². The zero-order valence-electron chi connectivity index (χ0n) is 20.1. The van der Waals surface area contributed by atoms with Gasteiger partial charge in [0.15, 0.2) is 4.90 Å². The number of nitrogens with one attached hydrogen (secondary N) is 1. The highest BCUT2D eigenvalue weighted by molar-refractivity contribution is 7.90. The molecule has 1 N–H and O–H groups in total. The molecule has 2 aromatic carbocycles. The Balaban J connectivity index is 1.74. The number of sulfonamides is 1. The third-order valence-electron chi connectivity index (χ3n) is 5.50. The van der Waals surface area contributed by atoms with E-state index in [1.165, 1.54) is 20.3 Å². The molecule has 0 atom stereocenters. The van der Waals surface area contributed by atoms with Crippen molar-refractivity contribution in [2.75, 3.05) is 14.2 Å². The number of fused-ring (bicyclic) bond motifs is 1. The first-order valence-corrected chi connectivity index (χ1v) is 12.3. The van der Waals surface area contributed by atoms with Gasteiger partial charge < -0.3 is 9.47 Å². The number of amides is 1. The van der Waals surface area contributed by atoms with Gasteiger partial charge >= 0.3 is 0 Å². The summed E-state index contributed by atoms with van der Waals surface area (Å²) in [5, 5.41) is 5.00. The van der Waals surface area contributed by atoms with E-state index >= 15 is 0 Å². The van der Waals surface area contributed by atoms with Crippen LogP contribution in [0.15, 0.2) is 65.8 Å². The van der Waals surface area contributed by atoms with E-state index < -0.39 is 21.3 Å². The molecule has 0 saturated heterocycles. The molecule has 0 aliphatic heterocycles. The summed E-state index contributed by atoms with van der Waals surface area (Å²) in [5.41, 5.74) is 1.49. The third kappa shape index (κ3) is 4.57. The monoisotopic (exact) mass is 494 g/mol. The highest BCUT2D eigenvalue weighted by Gasteiger charge is 2.32. The molecule has 0 aliphatic rings. The SMILES string of the molecule is COc1ccc(C(C)(C)C)c(OC)c1S(=O)(=O)NC(=O)c1ccc2c(-n3cccn3)cccc2n1. The van der Waals surface area contributed by atoms with E-state index in [4.69, 9.17) is 9.47 Å². The fraction of sp³-hybridized carbons (Fsp3) is 0.240. The lowest BCUT2D eigenvalue weighted by molar-refractivity contribution is 0.0977. The van der Waals surface area contributed by atoms with Crippen molar-refractivity contribution in [2.24, 2.45) is 0 Å². The first-order chi connectivity index (χ1) is 16.6. The molecule has 4 aromatic rings. The molecule has 0 unspecified atom stereocenters. The second kappa shape index (κ2) is 9.03. The Hall–Kier alpha value is -3.92. The summed E-state index contributed by atoms with van der Waals surface area (Å²) in [6.07, 6.45) is 3.46. The van der Waals surface area contributed by atoms with Crippen LogP contribution in [0.2, 0.25) is 0 Å². The van der Waals surface area contributed by atoms with E-state index in [-0.39, 0.29) is 22.1 Å². The number of ether oxygens (including phenoxy) is 2. The minimum absolute atomic E-state index is 0.0522. The molecule has 0 spiro atoms.